The zero-order valence-corrected chi connectivity index (χ0v) is 13.2. The molecule has 0 fully saturated rings. The van der Waals surface area contributed by atoms with Crippen molar-refractivity contribution in [1.82, 2.24) is 5.43 Å². The second-order valence-corrected chi connectivity index (χ2v) is 5.00. The fourth-order valence-corrected chi connectivity index (χ4v) is 2.19. The molecule has 0 bridgehead atoms. The van der Waals surface area contributed by atoms with Gasteiger partial charge < -0.3 is 4.74 Å². The van der Waals surface area contributed by atoms with Gasteiger partial charge in [-0.3, -0.25) is 4.79 Å². The van der Waals surface area contributed by atoms with Gasteiger partial charge in [0.25, 0.3) is 5.91 Å². The van der Waals surface area contributed by atoms with Crippen LogP contribution in [0.5, 0.6) is 5.75 Å². The SMILES string of the molecule is CCC(=NNC(=O)c1cc(Cl)ccc1OC)c1ccccc1. The number of methoxy groups -OCH3 is 1. The van der Waals surface area contributed by atoms with Crippen LogP contribution in [-0.2, 0) is 0 Å². The molecule has 0 saturated carbocycles. The van der Waals surface area contributed by atoms with E-state index in [0.29, 0.717) is 22.8 Å². The molecule has 0 aliphatic heterocycles. The first-order valence-corrected chi connectivity index (χ1v) is 7.29. The Bertz CT molecular complexity index is 684. The first-order valence-electron chi connectivity index (χ1n) is 6.91. The Balaban J connectivity index is 2.21. The molecule has 1 amide bonds. The van der Waals surface area contributed by atoms with Gasteiger partial charge in [0.05, 0.1) is 18.4 Å². The molecule has 114 valence electrons. The van der Waals surface area contributed by atoms with E-state index in [2.05, 4.69) is 10.5 Å². The predicted octanol–water partition coefficient (Wildman–Crippen LogP) is 3.89. The summed E-state index contributed by atoms with van der Waals surface area (Å²) in [6, 6.07) is 14.6. The summed E-state index contributed by atoms with van der Waals surface area (Å²) in [4.78, 5) is 12.3. The average Bonchev–Trinajstić information content (AvgIpc) is 2.56. The Morgan fingerprint density at radius 3 is 2.59 bits per heavy atom. The van der Waals surface area contributed by atoms with Crippen LogP contribution in [0.15, 0.2) is 53.6 Å². The first kappa shape index (κ1) is 16.0. The van der Waals surface area contributed by atoms with E-state index in [1.54, 1.807) is 18.2 Å². The van der Waals surface area contributed by atoms with Crippen molar-refractivity contribution in [2.24, 2.45) is 5.10 Å². The van der Waals surface area contributed by atoms with Gasteiger partial charge in [-0.25, -0.2) is 5.43 Å². The van der Waals surface area contributed by atoms with Crippen molar-refractivity contribution in [3.05, 3.63) is 64.7 Å². The Morgan fingerprint density at radius 1 is 1.23 bits per heavy atom. The van der Waals surface area contributed by atoms with Crippen LogP contribution >= 0.6 is 11.6 Å². The Kier molecular flexibility index (Phi) is 5.55. The molecule has 0 aromatic heterocycles. The number of hydrogen-bond donors (Lipinski definition) is 1. The number of ether oxygens (including phenoxy) is 1. The van der Waals surface area contributed by atoms with Crippen molar-refractivity contribution in [2.75, 3.05) is 7.11 Å². The number of hydrazone groups is 1. The lowest BCUT2D eigenvalue weighted by Crippen LogP contribution is -2.20. The molecule has 0 spiro atoms. The third-order valence-electron chi connectivity index (χ3n) is 3.14. The molecule has 1 N–H and O–H groups in total. The summed E-state index contributed by atoms with van der Waals surface area (Å²) in [6.45, 7) is 1.98. The lowest BCUT2D eigenvalue weighted by molar-refractivity contribution is 0.0952. The number of benzene rings is 2. The van der Waals surface area contributed by atoms with Crippen LogP contribution in [-0.4, -0.2) is 18.7 Å². The highest BCUT2D eigenvalue weighted by Crippen LogP contribution is 2.22. The van der Waals surface area contributed by atoms with Gasteiger partial charge in [0, 0.05) is 5.02 Å². The van der Waals surface area contributed by atoms with E-state index in [9.17, 15) is 4.79 Å². The van der Waals surface area contributed by atoms with Crippen molar-refractivity contribution < 1.29 is 9.53 Å². The molecule has 0 aliphatic carbocycles. The standard InChI is InChI=1S/C17H17ClN2O2/c1-3-15(12-7-5-4-6-8-12)19-20-17(21)14-11-13(18)9-10-16(14)22-2/h4-11H,3H2,1-2H3,(H,20,21). The van der Waals surface area contributed by atoms with Crippen LogP contribution in [0.2, 0.25) is 5.02 Å². The van der Waals surface area contributed by atoms with Gasteiger partial charge in [0.15, 0.2) is 0 Å². The van der Waals surface area contributed by atoms with E-state index < -0.39 is 0 Å². The summed E-state index contributed by atoms with van der Waals surface area (Å²) >= 11 is 5.93. The molecule has 0 radical (unpaired) electrons. The molecule has 0 heterocycles. The quantitative estimate of drug-likeness (QED) is 0.672. The van der Waals surface area contributed by atoms with Crippen molar-refractivity contribution >= 4 is 23.2 Å². The lowest BCUT2D eigenvalue weighted by Gasteiger charge is -2.09. The zero-order chi connectivity index (χ0) is 15.9. The smallest absolute Gasteiger partial charge is 0.275 e. The molecular formula is C17H17ClN2O2. The number of amides is 1. The van der Waals surface area contributed by atoms with Crippen molar-refractivity contribution in [1.29, 1.82) is 0 Å². The summed E-state index contributed by atoms with van der Waals surface area (Å²) in [5.41, 5.74) is 4.69. The van der Waals surface area contributed by atoms with Crippen LogP contribution in [0.3, 0.4) is 0 Å². The average molecular weight is 317 g/mol. The molecule has 0 unspecified atom stereocenters. The number of rotatable bonds is 5. The fourth-order valence-electron chi connectivity index (χ4n) is 2.01. The van der Waals surface area contributed by atoms with E-state index in [1.165, 1.54) is 7.11 Å². The second-order valence-electron chi connectivity index (χ2n) is 4.56. The molecule has 2 aromatic carbocycles. The molecule has 2 aromatic rings. The fraction of sp³-hybridized carbons (Fsp3) is 0.176. The maximum atomic E-state index is 12.3. The molecule has 0 saturated heterocycles. The van der Waals surface area contributed by atoms with Crippen molar-refractivity contribution in [3.8, 4) is 5.75 Å². The Labute approximate surface area is 134 Å². The van der Waals surface area contributed by atoms with Gasteiger partial charge in [-0.15, -0.1) is 0 Å². The van der Waals surface area contributed by atoms with E-state index in [1.807, 2.05) is 37.3 Å². The van der Waals surface area contributed by atoms with Gasteiger partial charge in [-0.05, 0) is 30.2 Å². The summed E-state index contributed by atoms with van der Waals surface area (Å²) in [5, 5.41) is 4.68. The molecule has 4 nitrogen and oxygen atoms in total. The van der Waals surface area contributed by atoms with E-state index in [-0.39, 0.29) is 5.91 Å². The maximum absolute atomic E-state index is 12.3. The minimum Gasteiger partial charge on any atom is -0.496 e. The molecule has 0 aliphatic rings. The van der Waals surface area contributed by atoms with Gasteiger partial charge >= 0.3 is 0 Å². The largest absolute Gasteiger partial charge is 0.496 e. The second kappa shape index (κ2) is 7.61. The summed E-state index contributed by atoms with van der Waals surface area (Å²) < 4.78 is 5.17. The Hall–Kier alpha value is -2.33. The Morgan fingerprint density at radius 2 is 1.95 bits per heavy atom. The molecule has 5 heteroatoms. The van der Waals surface area contributed by atoms with Gasteiger partial charge in [0.1, 0.15) is 5.75 Å². The van der Waals surface area contributed by atoms with E-state index in [0.717, 1.165) is 11.3 Å². The highest BCUT2D eigenvalue weighted by atomic mass is 35.5. The normalized spacial score (nSPS) is 11.1. The number of nitrogens with zero attached hydrogens (tertiary/aromatic N) is 1. The third-order valence-corrected chi connectivity index (χ3v) is 3.38. The molecule has 22 heavy (non-hydrogen) atoms. The van der Waals surface area contributed by atoms with Crippen molar-refractivity contribution in [2.45, 2.75) is 13.3 Å². The van der Waals surface area contributed by atoms with Gasteiger partial charge in [-0.2, -0.15) is 5.10 Å². The summed E-state index contributed by atoms with van der Waals surface area (Å²) in [7, 11) is 1.50. The summed E-state index contributed by atoms with van der Waals surface area (Å²) in [6.07, 6.45) is 0.705. The van der Waals surface area contributed by atoms with Crippen LogP contribution in [0.1, 0.15) is 29.3 Å². The molecule has 2 rings (SSSR count). The molecule has 0 atom stereocenters. The van der Waals surface area contributed by atoms with Crippen LogP contribution in [0.25, 0.3) is 0 Å². The molecular weight excluding hydrogens is 300 g/mol. The first-order chi connectivity index (χ1) is 10.7. The van der Waals surface area contributed by atoms with Gasteiger partial charge in [0.2, 0.25) is 0 Å². The van der Waals surface area contributed by atoms with Crippen LogP contribution < -0.4 is 10.2 Å². The zero-order valence-electron chi connectivity index (χ0n) is 12.5. The topological polar surface area (TPSA) is 50.7 Å². The van der Waals surface area contributed by atoms with Crippen molar-refractivity contribution in [3.63, 3.8) is 0 Å². The number of hydrogen-bond acceptors (Lipinski definition) is 3. The third kappa shape index (κ3) is 3.86. The number of carbonyl (C=O) groups is 1. The number of nitrogens with one attached hydrogen (secondary N) is 1. The predicted molar refractivity (Wildman–Crippen MR) is 88.7 cm³/mol. The number of carbonyl (C=O) groups excluding carboxylic acids is 1. The highest BCUT2D eigenvalue weighted by Gasteiger charge is 2.12. The lowest BCUT2D eigenvalue weighted by atomic mass is 10.1. The van der Waals surface area contributed by atoms with Crippen LogP contribution in [0, 0.1) is 0 Å². The highest BCUT2D eigenvalue weighted by molar-refractivity contribution is 6.31. The van der Waals surface area contributed by atoms with E-state index in [4.69, 9.17) is 16.3 Å². The monoisotopic (exact) mass is 316 g/mol. The summed E-state index contributed by atoms with van der Waals surface area (Å²) in [5.74, 6) is 0.0936. The minimum absolute atomic E-state index is 0.349. The minimum atomic E-state index is -0.360. The van der Waals surface area contributed by atoms with Gasteiger partial charge in [-0.1, -0.05) is 48.9 Å². The maximum Gasteiger partial charge on any atom is 0.275 e. The van der Waals surface area contributed by atoms with Crippen LogP contribution in [0.4, 0.5) is 0 Å². The number of halogens is 1. The van der Waals surface area contributed by atoms with E-state index >= 15 is 0 Å².